The van der Waals surface area contributed by atoms with Crippen LogP contribution in [0.3, 0.4) is 0 Å². The molecule has 4 atom stereocenters. The van der Waals surface area contributed by atoms with E-state index in [1.165, 1.54) is 0 Å². The predicted octanol–water partition coefficient (Wildman–Crippen LogP) is 5.55. The smallest absolute Gasteiger partial charge is 0.238 e. The Kier molecular flexibility index (Phi) is 5.46. The highest BCUT2D eigenvalue weighted by Crippen LogP contribution is 2.58. The molecular formula is C34H26N2O4. The van der Waals surface area contributed by atoms with E-state index in [9.17, 15) is 14.4 Å². The molecule has 1 N–H and O–H groups in total. The monoisotopic (exact) mass is 526 g/mol. The lowest BCUT2D eigenvalue weighted by Gasteiger charge is -2.37. The first-order valence-electron chi connectivity index (χ1n) is 13.3. The number of rotatable bonds is 5. The van der Waals surface area contributed by atoms with Crippen LogP contribution in [0.25, 0.3) is 6.08 Å². The molecule has 3 aliphatic heterocycles. The molecule has 3 heterocycles. The highest BCUT2D eigenvalue weighted by Gasteiger charge is 2.70. The molecule has 6 heteroatoms. The van der Waals surface area contributed by atoms with E-state index in [-0.39, 0.29) is 17.5 Å². The zero-order chi connectivity index (χ0) is 27.4. The first kappa shape index (κ1) is 24.1. The standard InChI is InChI=1S/C34H26N2O4/c1-40-24-18-15-23(16-19-24)31(38)32-34(25-12-6-7-13-26(25)35-33(34)39)29(30(37)22-10-3-2-4-11-22)28-20-17-21-9-5-8-14-27(21)36(28)32/h2-20,28-29,32H,1H3,(H,35,39)/t28?,29-,32+,34+/m1/s1. The van der Waals surface area contributed by atoms with Crippen LogP contribution in [0.15, 0.2) is 109 Å². The molecule has 3 aliphatic rings. The van der Waals surface area contributed by atoms with Crippen LogP contribution in [0.1, 0.15) is 31.8 Å². The SMILES string of the molecule is COc1ccc(C(=O)[C@@H]2N3c4ccccc4C=CC3[C@H](C(=O)c3ccccc3)[C@]23C(=O)Nc2ccccc23)cc1. The lowest BCUT2D eigenvalue weighted by Crippen LogP contribution is -2.55. The number of carbonyl (C=O) groups is 3. The normalized spacial score (nSPS) is 23.8. The number of amides is 1. The van der Waals surface area contributed by atoms with E-state index in [4.69, 9.17) is 4.74 Å². The second-order valence-electron chi connectivity index (χ2n) is 10.4. The average molecular weight is 527 g/mol. The van der Waals surface area contributed by atoms with Gasteiger partial charge in [0.15, 0.2) is 11.6 Å². The van der Waals surface area contributed by atoms with Crippen LogP contribution in [-0.2, 0) is 10.2 Å². The summed E-state index contributed by atoms with van der Waals surface area (Å²) in [6.45, 7) is 0. The van der Waals surface area contributed by atoms with E-state index < -0.39 is 23.4 Å². The zero-order valence-corrected chi connectivity index (χ0v) is 21.8. The number of carbonyl (C=O) groups excluding carboxylic acids is 3. The molecule has 4 aromatic carbocycles. The molecule has 1 saturated heterocycles. The van der Waals surface area contributed by atoms with Crippen LogP contribution in [0.5, 0.6) is 5.75 Å². The Morgan fingerprint density at radius 2 is 1.48 bits per heavy atom. The molecular weight excluding hydrogens is 500 g/mol. The number of fused-ring (bicyclic) bond motifs is 5. The fraction of sp³-hybridized carbons (Fsp3) is 0.147. The molecule has 0 aromatic heterocycles. The number of para-hydroxylation sites is 2. The van der Waals surface area contributed by atoms with E-state index in [0.717, 1.165) is 11.3 Å². The number of hydrogen-bond acceptors (Lipinski definition) is 5. The fourth-order valence-corrected chi connectivity index (χ4v) is 6.83. The van der Waals surface area contributed by atoms with E-state index in [0.29, 0.717) is 28.1 Å². The summed E-state index contributed by atoms with van der Waals surface area (Å²) in [6, 6.07) is 29.7. The second-order valence-corrected chi connectivity index (χ2v) is 10.4. The van der Waals surface area contributed by atoms with Gasteiger partial charge in [-0.05, 0) is 47.5 Å². The Labute approximate surface area is 231 Å². The maximum absolute atomic E-state index is 14.7. The molecule has 196 valence electrons. The van der Waals surface area contributed by atoms with E-state index in [1.807, 2.05) is 83.8 Å². The molecule has 7 rings (SSSR count). The van der Waals surface area contributed by atoms with Crippen molar-refractivity contribution >= 4 is 34.9 Å². The van der Waals surface area contributed by atoms with Crippen LogP contribution in [-0.4, -0.2) is 36.7 Å². The molecule has 6 nitrogen and oxygen atoms in total. The Morgan fingerprint density at radius 3 is 2.25 bits per heavy atom. The van der Waals surface area contributed by atoms with Gasteiger partial charge >= 0.3 is 0 Å². The van der Waals surface area contributed by atoms with Crippen molar-refractivity contribution in [2.24, 2.45) is 5.92 Å². The number of nitrogens with zero attached hydrogens (tertiary/aromatic N) is 1. The van der Waals surface area contributed by atoms with Gasteiger partial charge < -0.3 is 15.0 Å². The first-order chi connectivity index (χ1) is 19.6. The predicted molar refractivity (Wildman–Crippen MR) is 154 cm³/mol. The third-order valence-corrected chi connectivity index (χ3v) is 8.51. The van der Waals surface area contributed by atoms with Gasteiger partial charge in [-0.2, -0.15) is 0 Å². The third kappa shape index (κ3) is 3.26. The van der Waals surface area contributed by atoms with Crippen LogP contribution < -0.4 is 15.0 Å². The Hall–Kier alpha value is -4.97. The summed E-state index contributed by atoms with van der Waals surface area (Å²) in [5, 5.41) is 3.04. The molecule has 0 radical (unpaired) electrons. The van der Waals surface area contributed by atoms with Gasteiger partial charge in [-0.15, -0.1) is 0 Å². The van der Waals surface area contributed by atoms with Crippen molar-refractivity contribution < 1.29 is 19.1 Å². The fourth-order valence-electron chi connectivity index (χ4n) is 6.83. The van der Waals surface area contributed by atoms with Crippen molar-refractivity contribution in [1.29, 1.82) is 0 Å². The van der Waals surface area contributed by atoms with Gasteiger partial charge in [0.05, 0.1) is 19.1 Å². The van der Waals surface area contributed by atoms with Crippen molar-refractivity contribution in [3.63, 3.8) is 0 Å². The minimum absolute atomic E-state index is 0.170. The highest BCUT2D eigenvalue weighted by molar-refractivity contribution is 6.19. The third-order valence-electron chi connectivity index (χ3n) is 8.51. The van der Waals surface area contributed by atoms with Crippen LogP contribution in [0, 0.1) is 5.92 Å². The average Bonchev–Trinajstić information content (AvgIpc) is 3.48. The van der Waals surface area contributed by atoms with Crippen molar-refractivity contribution in [1.82, 2.24) is 0 Å². The number of methoxy groups -OCH3 is 1. The maximum atomic E-state index is 14.7. The number of benzene rings is 4. The Bertz CT molecular complexity index is 1690. The minimum atomic E-state index is -1.47. The summed E-state index contributed by atoms with van der Waals surface area (Å²) >= 11 is 0. The van der Waals surface area contributed by atoms with Gasteiger partial charge in [0.2, 0.25) is 5.91 Å². The number of anilines is 2. The van der Waals surface area contributed by atoms with Crippen molar-refractivity contribution in [3.05, 3.63) is 131 Å². The molecule has 4 aromatic rings. The number of nitrogens with one attached hydrogen (secondary N) is 1. The molecule has 0 bridgehead atoms. The summed E-state index contributed by atoms with van der Waals surface area (Å²) in [6.07, 6.45) is 3.97. The molecule has 1 fully saturated rings. The lowest BCUT2D eigenvalue weighted by atomic mass is 9.63. The van der Waals surface area contributed by atoms with Gasteiger partial charge in [0.25, 0.3) is 0 Å². The summed E-state index contributed by atoms with van der Waals surface area (Å²) in [7, 11) is 1.57. The number of ketones is 2. The number of ether oxygens (including phenoxy) is 1. The largest absolute Gasteiger partial charge is 0.497 e. The lowest BCUT2D eigenvalue weighted by molar-refractivity contribution is -0.121. The zero-order valence-electron chi connectivity index (χ0n) is 21.8. The number of Topliss-reactive ketones (excluding diaryl/α,β-unsaturated/α-hetero) is 2. The molecule has 0 aliphatic carbocycles. The van der Waals surface area contributed by atoms with Gasteiger partial charge in [-0.3, -0.25) is 14.4 Å². The van der Waals surface area contributed by atoms with Crippen molar-refractivity contribution in [2.45, 2.75) is 17.5 Å². The van der Waals surface area contributed by atoms with Crippen LogP contribution >= 0.6 is 0 Å². The van der Waals surface area contributed by atoms with Gasteiger partial charge in [-0.1, -0.05) is 78.9 Å². The quantitative estimate of drug-likeness (QED) is 0.345. The molecule has 1 unspecified atom stereocenters. The van der Waals surface area contributed by atoms with Crippen LogP contribution in [0.4, 0.5) is 11.4 Å². The summed E-state index contributed by atoms with van der Waals surface area (Å²) in [5.74, 6) is -0.960. The summed E-state index contributed by atoms with van der Waals surface area (Å²) < 4.78 is 5.32. The van der Waals surface area contributed by atoms with Crippen LogP contribution in [0.2, 0.25) is 0 Å². The van der Waals surface area contributed by atoms with Gasteiger partial charge in [0.1, 0.15) is 17.2 Å². The minimum Gasteiger partial charge on any atom is -0.497 e. The molecule has 1 amide bonds. The Balaban J connectivity index is 1.53. The van der Waals surface area contributed by atoms with Crippen molar-refractivity contribution in [3.8, 4) is 5.75 Å². The molecule has 40 heavy (non-hydrogen) atoms. The van der Waals surface area contributed by atoms with E-state index in [2.05, 4.69) is 5.32 Å². The summed E-state index contributed by atoms with van der Waals surface area (Å²) in [5.41, 5.74) is 2.54. The topological polar surface area (TPSA) is 75.7 Å². The van der Waals surface area contributed by atoms with Gasteiger partial charge in [-0.25, -0.2) is 0 Å². The molecule has 1 spiro atoms. The van der Waals surface area contributed by atoms with Gasteiger partial charge in [0, 0.05) is 22.5 Å². The molecule has 0 saturated carbocycles. The second kappa shape index (κ2) is 9.06. The maximum Gasteiger partial charge on any atom is 0.238 e. The highest BCUT2D eigenvalue weighted by atomic mass is 16.5. The van der Waals surface area contributed by atoms with Crippen molar-refractivity contribution in [2.75, 3.05) is 17.3 Å². The van der Waals surface area contributed by atoms with E-state index in [1.54, 1.807) is 43.5 Å². The first-order valence-corrected chi connectivity index (χ1v) is 13.3. The number of hydrogen-bond donors (Lipinski definition) is 1. The Morgan fingerprint density at radius 1 is 0.800 bits per heavy atom. The van der Waals surface area contributed by atoms with E-state index >= 15 is 0 Å². The summed E-state index contributed by atoms with van der Waals surface area (Å²) in [4.78, 5) is 45.7.